The Morgan fingerprint density at radius 3 is 2.47 bits per heavy atom. The molecule has 1 N–H and O–H groups in total. The number of carbonyl (C=O) groups excluding carboxylic acids is 2. The largest absolute Gasteiger partial charge is 0.496 e. The monoisotopic (exact) mass is 459 g/mol. The topological polar surface area (TPSA) is 91.7 Å². The van der Waals surface area contributed by atoms with E-state index in [4.69, 9.17) is 25.8 Å². The van der Waals surface area contributed by atoms with Crippen molar-refractivity contribution < 1.29 is 23.8 Å². The van der Waals surface area contributed by atoms with Gasteiger partial charge in [-0.3, -0.25) is 14.3 Å². The van der Waals surface area contributed by atoms with Crippen molar-refractivity contribution in [2.75, 3.05) is 27.3 Å². The van der Waals surface area contributed by atoms with Gasteiger partial charge in [-0.15, -0.1) is 0 Å². The molecular weight excluding hydrogens is 434 g/mol. The Morgan fingerprint density at radius 1 is 1.16 bits per heavy atom. The van der Waals surface area contributed by atoms with Crippen LogP contribution in [-0.4, -0.2) is 54.3 Å². The molecule has 0 radical (unpaired) electrons. The van der Waals surface area contributed by atoms with Crippen molar-refractivity contribution in [3.8, 4) is 17.2 Å². The van der Waals surface area contributed by atoms with Gasteiger partial charge in [-0.2, -0.15) is 5.10 Å². The first kappa shape index (κ1) is 21.3. The van der Waals surface area contributed by atoms with Crippen LogP contribution in [0.3, 0.4) is 0 Å². The quantitative estimate of drug-likeness (QED) is 0.705. The zero-order valence-corrected chi connectivity index (χ0v) is 19.3. The third-order valence-corrected chi connectivity index (χ3v) is 7.42. The third kappa shape index (κ3) is 2.69. The van der Waals surface area contributed by atoms with E-state index in [0.29, 0.717) is 17.7 Å². The van der Waals surface area contributed by atoms with Crippen molar-refractivity contribution >= 4 is 23.2 Å². The van der Waals surface area contributed by atoms with E-state index in [1.54, 1.807) is 6.07 Å². The van der Waals surface area contributed by atoms with Crippen LogP contribution in [0.4, 0.5) is 0 Å². The van der Waals surface area contributed by atoms with Gasteiger partial charge in [0.1, 0.15) is 22.1 Å². The van der Waals surface area contributed by atoms with E-state index in [9.17, 15) is 9.59 Å². The molecule has 0 saturated carbocycles. The van der Waals surface area contributed by atoms with Gasteiger partial charge in [0, 0.05) is 24.9 Å². The molecule has 1 saturated heterocycles. The molecule has 9 heteroatoms. The second kappa shape index (κ2) is 7.49. The van der Waals surface area contributed by atoms with Gasteiger partial charge in [-0.25, -0.2) is 0 Å². The third-order valence-electron chi connectivity index (χ3n) is 7.07. The number of ether oxygens (including phenoxy) is 3. The standard InChI is InChI=1S/C23H26ClN3O5/c1-11-9-13-16(19(27(2)26-13)12-5-7-25-8-6-12)21(28)23(11)22(29)17-14(30-3)10-15(31-4)18(24)20(17)32-23/h10-12,25H,5-9H2,1-4H3/t11-,23+/m1/s1. The number of nitrogens with zero attached hydrogens (tertiary/aromatic N) is 2. The molecule has 0 bridgehead atoms. The molecular formula is C23H26ClN3O5. The van der Waals surface area contributed by atoms with Crippen LogP contribution in [0, 0.1) is 5.92 Å². The van der Waals surface area contributed by atoms with Gasteiger partial charge < -0.3 is 19.5 Å². The smallest absolute Gasteiger partial charge is 0.237 e. The summed E-state index contributed by atoms with van der Waals surface area (Å²) in [5.41, 5.74) is 0.645. The first-order valence-corrected chi connectivity index (χ1v) is 11.2. The van der Waals surface area contributed by atoms with Gasteiger partial charge in [0.25, 0.3) is 0 Å². The summed E-state index contributed by atoms with van der Waals surface area (Å²) in [4.78, 5) is 28.0. The summed E-state index contributed by atoms with van der Waals surface area (Å²) < 4.78 is 18.8. The molecule has 2 atom stereocenters. The molecule has 5 rings (SSSR count). The lowest BCUT2D eigenvalue weighted by Crippen LogP contribution is -2.56. The summed E-state index contributed by atoms with van der Waals surface area (Å²) >= 11 is 6.51. The van der Waals surface area contributed by atoms with E-state index in [0.717, 1.165) is 37.3 Å². The lowest BCUT2D eigenvalue weighted by atomic mass is 9.70. The van der Waals surface area contributed by atoms with E-state index in [2.05, 4.69) is 10.4 Å². The number of fused-ring (bicyclic) bond motifs is 2. The van der Waals surface area contributed by atoms with E-state index in [-0.39, 0.29) is 33.8 Å². The van der Waals surface area contributed by atoms with E-state index in [1.165, 1.54) is 14.2 Å². The number of piperidine rings is 1. The van der Waals surface area contributed by atoms with Crippen LogP contribution in [0.1, 0.15) is 57.8 Å². The van der Waals surface area contributed by atoms with Crippen molar-refractivity contribution in [3.63, 3.8) is 0 Å². The molecule has 1 aromatic heterocycles. The summed E-state index contributed by atoms with van der Waals surface area (Å²) in [6.07, 6.45) is 2.28. The summed E-state index contributed by atoms with van der Waals surface area (Å²) in [6, 6.07) is 1.55. The minimum atomic E-state index is -1.69. The highest BCUT2D eigenvalue weighted by Gasteiger charge is 2.63. The first-order valence-electron chi connectivity index (χ1n) is 10.8. The Hall–Kier alpha value is -2.58. The summed E-state index contributed by atoms with van der Waals surface area (Å²) in [7, 11) is 4.81. The maximum atomic E-state index is 14.1. The molecule has 170 valence electrons. The fourth-order valence-electron chi connectivity index (χ4n) is 5.47. The van der Waals surface area contributed by atoms with Crippen molar-refractivity contribution in [2.24, 2.45) is 13.0 Å². The van der Waals surface area contributed by atoms with Crippen LogP contribution in [0.2, 0.25) is 5.02 Å². The van der Waals surface area contributed by atoms with Crippen molar-refractivity contribution in [1.29, 1.82) is 0 Å². The number of hydrogen-bond acceptors (Lipinski definition) is 7. The number of hydrogen-bond donors (Lipinski definition) is 1. The van der Waals surface area contributed by atoms with Gasteiger partial charge in [-0.05, 0) is 32.4 Å². The van der Waals surface area contributed by atoms with Crippen LogP contribution >= 0.6 is 11.6 Å². The lowest BCUT2D eigenvalue weighted by molar-refractivity contribution is 0.0257. The number of benzene rings is 1. The Labute approximate surface area is 191 Å². The van der Waals surface area contributed by atoms with E-state index < -0.39 is 17.3 Å². The molecule has 2 aliphatic heterocycles. The Bertz CT molecular complexity index is 1140. The number of aryl methyl sites for hydroxylation is 1. The SMILES string of the molecule is COc1cc(OC)c2c(c1Cl)O[C@]1(C2=O)C(=O)c2c(nn(C)c2C2CCNCC2)C[C@H]1C. The molecule has 1 fully saturated rings. The minimum absolute atomic E-state index is 0.142. The Kier molecular flexibility index (Phi) is 4.98. The maximum Gasteiger partial charge on any atom is 0.237 e. The summed E-state index contributed by atoms with van der Waals surface area (Å²) in [5, 5.41) is 8.19. The van der Waals surface area contributed by atoms with Gasteiger partial charge in [-0.1, -0.05) is 18.5 Å². The molecule has 3 heterocycles. The van der Waals surface area contributed by atoms with Gasteiger partial charge in [0.15, 0.2) is 5.75 Å². The number of methoxy groups -OCH3 is 2. The highest BCUT2D eigenvalue weighted by atomic mass is 35.5. The fourth-order valence-corrected chi connectivity index (χ4v) is 5.73. The molecule has 32 heavy (non-hydrogen) atoms. The number of nitrogens with one attached hydrogen (secondary N) is 1. The molecule has 1 aliphatic carbocycles. The van der Waals surface area contributed by atoms with Gasteiger partial charge in [0.2, 0.25) is 17.2 Å². The second-order valence-electron chi connectivity index (χ2n) is 8.76. The van der Waals surface area contributed by atoms with Gasteiger partial charge >= 0.3 is 0 Å². The van der Waals surface area contributed by atoms with Crippen LogP contribution in [0.5, 0.6) is 17.2 Å². The maximum absolute atomic E-state index is 14.1. The fraction of sp³-hybridized carbons (Fsp3) is 0.522. The summed E-state index contributed by atoms with van der Waals surface area (Å²) in [6.45, 7) is 3.61. The number of ketones is 2. The second-order valence-corrected chi connectivity index (χ2v) is 9.13. The Morgan fingerprint density at radius 2 is 1.81 bits per heavy atom. The average Bonchev–Trinajstić information content (AvgIpc) is 3.29. The average molecular weight is 460 g/mol. The number of aromatic nitrogens is 2. The first-order chi connectivity index (χ1) is 15.3. The summed E-state index contributed by atoms with van der Waals surface area (Å²) in [5.74, 6) is -0.250. The lowest BCUT2D eigenvalue weighted by Gasteiger charge is -2.36. The molecule has 8 nitrogen and oxygen atoms in total. The predicted octanol–water partition coefficient (Wildman–Crippen LogP) is 2.95. The van der Waals surface area contributed by atoms with Crippen LogP contribution in [0.15, 0.2) is 6.07 Å². The van der Waals surface area contributed by atoms with Crippen LogP contribution < -0.4 is 19.5 Å². The van der Waals surface area contributed by atoms with Crippen molar-refractivity contribution in [1.82, 2.24) is 15.1 Å². The molecule has 1 aromatic carbocycles. The molecule has 0 amide bonds. The minimum Gasteiger partial charge on any atom is -0.496 e. The van der Waals surface area contributed by atoms with E-state index >= 15 is 0 Å². The zero-order chi connectivity index (χ0) is 22.8. The molecule has 0 unspecified atom stereocenters. The predicted molar refractivity (Wildman–Crippen MR) is 117 cm³/mol. The number of carbonyl (C=O) groups is 2. The molecule has 1 spiro atoms. The number of rotatable bonds is 3. The molecule has 2 aromatic rings. The van der Waals surface area contributed by atoms with Crippen molar-refractivity contribution in [2.45, 2.75) is 37.7 Å². The highest BCUT2D eigenvalue weighted by molar-refractivity contribution is 6.36. The van der Waals surface area contributed by atoms with Gasteiger partial charge in [0.05, 0.1) is 31.2 Å². The normalized spacial score (nSPS) is 25.0. The highest BCUT2D eigenvalue weighted by Crippen LogP contribution is 2.54. The van der Waals surface area contributed by atoms with Crippen LogP contribution in [-0.2, 0) is 13.5 Å². The number of halogens is 1. The Balaban J connectivity index is 1.67. The van der Waals surface area contributed by atoms with E-state index in [1.807, 2.05) is 18.7 Å². The molecule has 3 aliphatic rings. The van der Waals surface area contributed by atoms with Crippen LogP contribution in [0.25, 0.3) is 0 Å². The van der Waals surface area contributed by atoms with Crippen molar-refractivity contribution in [3.05, 3.63) is 33.6 Å². The zero-order valence-electron chi connectivity index (χ0n) is 18.6. The number of Topliss-reactive ketones (excluding diaryl/α,β-unsaturated/α-hetero) is 2.